The van der Waals surface area contributed by atoms with Crippen LogP contribution >= 0.6 is 12.2 Å². The lowest BCUT2D eigenvalue weighted by Crippen LogP contribution is -2.34. The smallest absolute Gasteiger partial charge is 0.261 e. The Morgan fingerprint density at radius 3 is 2.27 bits per heavy atom. The molecule has 0 aliphatic heterocycles. The van der Waals surface area contributed by atoms with Crippen molar-refractivity contribution in [3.8, 4) is 5.75 Å². The molecule has 0 saturated carbocycles. The number of para-hydroxylation sites is 2. The number of hydrogen-bond acceptors (Lipinski definition) is 5. The second-order valence-electron chi connectivity index (χ2n) is 8.87. The zero-order valence-corrected chi connectivity index (χ0v) is 23.1. The number of hydrogen-bond donors (Lipinski definition) is 3. The molecule has 0 spiro atoms. The van der Waals surface area contributed by atoms with Gasteiger partial charge in [-0.05, 0) is 86.9 Å². The molecule has 0 aliphatic carbocycles. The molecule has 0 heterocycles. The third kappa shape index (κ3) is 7.77. The van der Waals surface area contributed by atoms with Crippen molar-refractivity contribution in [3.05, 3.63) is 83.4 Å². The number of nitrogens with one attached hydrogen (secondary N) is 3. The first-order valence-electron chi connectivity index (χ1n) is 12.2. The van der Waals surface area contributed by atoms with Gasteiger partial charge in [0.05, 0.1) is 22.3 Å². The molecule has 3 aromatic carbocycles. The number of ether oxygens (including phenoxy) is 1. The van der Waals surface area contributed by atoms with Gasteiger partial charge in [0.15, 0.2) is 5.11 Å². The zero-order valence-electron chi connectivity index (χ0n) is 21.5. The number of rotatable bonds is 10. The molecule has 3 aromatic rings. The molecule has 1 unspecified atom stereocenters. The average molecular weight is 540 g/mol. The van der Waals surface area contributed by atoms with Crippen molar-refractivity contribution >= 4 is 44.6 Å². The predicted octanol–water partition coefficient (Wildman–Crippen LogP) is 6.19. The van der Waals surface area contributed by atoms with Crippen LogP contribution in [-0.4, -0.2) is 25.5 Å². The Balaban J connectivity index is 1.63. The van der Waals surface area contributed by atoms with Crippen LogP contribution in [0.1, 0.15) is 54.6 Å². The van der Waals surface area contributed by atoms with E-state index in [1.54, 1.807) is 30.3 Å². The van der Waals surface area contributed by atoms with Crippen LogP contribution in [0.5, 0.6) is 5.75 Å². The average Bonchev–Trinajstić information content (AvgIpc) is 2.85. The molecule has 9 heteroatoms. The lowest BCUT2D eigenvalue weighted by Gasteiger charge is -2.17. The van der Waals surface area contributed by atoms with Crippen molar-refractivity contribution in [3.63, 3.8) is 0 Å². The molecule has 0 fully saturated rings. The van der Waals surface area contributed by atoms with E-state index in [1.165, 1.54) is 12.1 Å². The monoisotopic (exact) mass is 539 g/mol. The molecule has 3 rings (SSSR count). The summed E-state index contributed by atoms with van der Waals surface area (Å²) < 4.78 is 34.4. The summed E-state index contributed by atoms with van der Waals surface area (Å²) in [5.41, 5.74) is 3.16. The Morgan fingerprint density at radius 1 is 0.973 bits per heavy atom. The Hall–Kier alpha value is -3.43. The highest BCUT2D eigenvalue weighted by molar-refractivity contribution is 7.92. The maximum atomic E-state index is 12.9. The van der Waals surface area contributed by atoms with E-state index in [9.17, 15) is 13.2 Å². The summed E-state index contributed by atoms with van der Waals surface area (Å²) in [6, 6.07) is 18.7. The van der Waals surface area contributed by atoms with Gasteiger partial charge >= 0.3 is 0 Å². The number of amides is 1. The maximum absolute atomic E-state index is 12.9. The van der Waals surface area contributed by atoms with E-state index in [4.69, 9.17) is 17.0 Å². The van der Waals surface area contributed by atoms with Gasteiger partial charge in [-0.15, -0.1) is 0 Å². The van der Waals surface area contributed by atoms with Crippen LogP contribution in [0.25, 0.3) is 0 Å². The molecule has 0 radical (unpaired) electrons. The van der Waals surface area contributed by atoms with Crippen LogP contribution in [0, 0.1) is 13.8 Å². The molecule has 37 heavy (non-hydrogen) atoms. The van der Waals surface area contributed by atoms with Crippen LogP contribution in [0.4, 0.5) is 11.4 Å². The summed E-state index contributed by atoms with van der Waals surface area (Å²) in [6.07, 6.45) is 3.01. The van der Waals surface area contributed by atoms with Crippen LogP contribution in [0.2, 0.25) is 0 Å². The van der Waals surface area contributed by atoms with E-state index >= 15 is 0 Å². The third-order valence-electron chi connectivity index (χ3n) is 5.79. The summed E-state index contributed by atoms with van der Waals surface area (Å²) in [7, 11) is -3.77. The Labute approximate surface area is 224 Å². The Kier molecular flexibility index (Phi) is 9.66. The van der Waals surface area contributed by atoms with Gasteiger partial charge < -0.3 is 10.1 Å². The van der Waals surface area contributed by atoms with Crippen molar-refractivity contribution in [2.45, 2.75) is 58.0 Å². The second-order valence-corrected chi connectivity index (χ2v) is 11.0. The van der Waals surface area contributed by atoms with Gasteiger partial charge in [0, 0.05) is 5.69 Å². The fraction of sp³-hybridized carbons (Fsp3) is 0.286. The normalized spacial score (nSPS) is 11.9. The highest BCUT2D eigenvalue weighted by atomic mass is 32.2. The molecule has 3 N–H and O–H groups in total. The lowest BCUT2D eigenvalue weighted by molar-refractivity contribution is 0.0970. The van der Waals surface area contributed by atoms with Crippen molar-refractivity contribution in [1.29, 1.82) is 0 Å². The predicted molar refractivity (Wildman–Crippen MR) is 153 cm³/mol. The minimum Gasteiger partial charge on any atom is -0.490 e. The topological polar surface area (TPSA) is 96.5 Å². The first kappa shape index (κ1) is 28.1. The van der Waals surface area contributed by atoms with Crippen LogP contribution in [0.3, 0.4) is 0 Å². The Morgan fingerprint density at radius 2 is 1.62 bits per heavy atom. The highest BCUT2D eigenvalue weighted by Crippen LogP contribution is 2.24. The maximum Gasteiger partial charge on any atom is 0.261 e. The minimum atomic E-state index is -3.77. The quantitative estimate of drug-likeness (QED) is 0.266. The largest absolute Gasteiger partial charge is 0.490 e. The molecule has 7 nitrogen and oxygen atoms in total. The molecule has 0 aromatic heterocycles. The van der Waals surface area contributed by atoms with Crippen LogP contribution in [-0.2, 0) is 10.0 Å². The van der Waals surface area contributed by atoms with E-state index < -0.39 is 15.9 Å². The van der Waals surface area contributed by atoms with Gasteiger partial charge in [-0.25, -0.2) is 8.42 Å². The summed E-state index contributed by atoms with van der Waals surface area (Å²) in [5.74, 6) is 0.102. The number of aryl methyl sites for hydroxylation is 2. The lowest BCUT2D eigenvalue weighted by atomic mass is 10.1. The van der Waals surface area contributed by atoms with Gasteiger partial charge in [-0.3, -0.25) is 14.8 Å². The SMILES string of the molecule is CCCCC(C)Oc1ccccc1C(=O)NC(=S)Nc1ccc(S(=O)(=O)Nc2c(C)cccc2C)cc1. The fourth-order valence-corrected chi connectivity index (χ4v) is 5.16. The summed E-state index contributed by atoms with van der Waals surface area (Å²) in [4.78, 5) is 13.0. The van der Waals surface area contributed by atoms with Crippen molar-refractivity contribution < 1.29 is 17.9 Å². The number of unbranched alkanes of at least 4 members (excludes halogenated alkanes) is 1. The van der Waals surface area contributed by atoms with Gasteiger partial charge in [0.1, 0.15) is 5.75 Å². The van der Waals surface area contributed by atoms with E-state index in [-0.39, 0.29) is 16.1 Å². The Bertz CT molecular complexity index is 1340. The molecule has 0 saturated heterocycles. The van der Waals surface area contributed by atoms with E-state index in [1.807, 2.05) is 45.0 Å². The first-order valence-corrected chi connectivity index (χ1v) is 14.1. The van der Waals surface area contributed by atoms with Gasteiger partial charge in [-0.1, -0.05) is 50.1 Å². The van der Waals surface area contributed by atoms with Gasteiger partial charge in [0.2, 0.25) is 0 Å². The molecular formula is C28H33N3O4S2. The zero-order chi connectivity index (χ0) is 27.0. The highest BCUT2D eigenvalue weighted by Gasteiger charge is 2.18. The summed E-state index contributed by atoms with van der Waals surface area (Å²) in [5, 5.41) is 5.67. The number of thiocarbonyl (C=S) groups is 1. The molecule has 0 bridgehead atoms. The number of carbonyl (C=O) groups is 1. The van der Waals surface area contributed by atoms with E-state index in [0.29, 0.717) is 22.7 Å². The second kappa shape index (κ2) is 12.7. The fourth-order valence-electron chi connectivity index (χ4n) is 3.74. The number of anilines is 2. The summed E-state index contributed by atoms with van der Waals surface area (Å²) in [6.45, 7) is 7.81. The molecule has 1 amide bonds. The first-order chi connectivity index (χ1) is 17.6. The molecular weight excluding hydrogens is 506 g/mol. The van der Waals surface area contributed by atoms with Crippen molar-refractivity contribution in [1.82, 2.24) is 5.32 Å². The number of sulfonamides is 1. The molecule has 196 valence electrons. The van der Waals surface area contributed by atoms with E-state index in [2.05, 4.69) is 22.3 Å². The molecule has 0 aliphatic rings. The third-order valence-corrected chi connectivity index (χ3v) is 7.36. The van der Waals surface area contributed by atoms with Gasteiger partial charge in [0.25, 0.3) is 15.9 Å². The van der Waals surface area contributed by atoms with Crippen LogP contribution < -0.4 is 20.1 Å². The van der Waals surface area contributed by atoms with Crippen LogP contribution in [0.15, 0.2) is 71.6 Å². The number of carbonyl (C=O) groups excluding carboxylic acids is 1. The standard InChI is InChI=1S/C28H33N3O4S2/c1-5-6-12-21(4)35-25-14-8-7-13-24(25)27(32)30-28(36)29-22-15-17-23(18-16-22)37(33,34)31-26-19(2)10-9-11-20(26)3/h7-11,13-18,21,31H,5-6,12H2,1-4H3,(H2,29,30,32,36). The number of benzene rings is 3. The molecule has 1 atom stereocenters. The van der Waals surface area contributed by atoms with E-state index in [0.717, 1.165) is 30.4 Å². The van der Waals surface area contributed by atoms with Gasteiger partial charge in [-0.2, -0.15) is 0 Å². The minimum absolute atomic E-state index is 0.0158. The van der Waals surface area contributed by atoms with Crippen molar-refractivity contribution in [2.75, 3.05) is 10.0 Å². The van der Waals surface area contributed by atoms with Crippen molar-refractivity contribution in [2.24, 2.45) is 0 Å². The summed E-state index contributed by atoms with van der Waals surface area (Å²) >= 11 is 5.31.